The molecule has 0 spiro atoms. The number of nitrogens with zero attached hydrogens (tertiary/aromatic N) is 4. The molecule has 2 saturated heterocycles. The molecule has 3 unspecified atom stereocenters. The summed E-state index contributed by atoms with van der Waals surface area (Å²) in [5.41, 5.74) is 5.14. The van der Waals surface area contributed by atoms with E-state index in [2.05, 4.69) is 50.5 Å². The first-order valence-electron chi connectivity index (χ1n) is 15.7. The minimum Gasteiger partial charge on any atom is -0.444 e. The molecule has 2 amide bonds. The van der Waals surface area contributed by atoms with Crippen LogP contribution < -0.4 is 0 Å². The molecule has 0 saturated carbocycles. The molecule has 232 valence electrons. The van der Waals surface area contributed by atoms with Crippen molar-refractivity contribution >= 4 is 17.8 Å². The number of likely N-dealkylation sites (tertiary alicyclic amines) is 1. The number of amidine groups is 1. The lowest BCUT2D eigenvalue weighted by Crippen LogP contribution is -2.59. The van der Waals surface area contributed by atoms with Crippen LogP contribution in [0, 0.1) is 6.92 Å². The quantitative estimate of drug-likeness (QED) is 0.187. The molecule has 0 aliphatic carbocycles. The lowest BCUT2D eigenvalue weighted by atomic mass is 9.94. The van der Waals surface area contributed by atoms with Gasteiger partial charge in [0.25, 0.3) is 0 Å². The zero-order valence-electron chi connectivity index (χ0n) is 28.0. The smallest absolute Gasteiger partial charge is 0.410 e. The summed E-state index contributed by atoms with van der Waals surface area (Å²) in [6.07, 6.45) is 3.71. The fraction of sp³-hybridized carbons (Fsp3) is 0.629. The minimum atomic E-state index is -0.615. The Bertz CT molecular complexity index is 1190. The highest BCUT2D eigenvalue weighted by Gasteiger charge is 2.46. The Balaban J connectivity index is 1.95. The maximum absolute atomic E-state index is 14.6. The average molecular weight is 579 g/mol. The van der Waals surface area contributed by atoms with E-state index in [1.54, 1.807) is 4.90 Å². The van der Waals surface area contributed by atoms with Crippen molar-refractivity contribution in [3.8, 4) is 0 Å². The van der Waals surface area contributed by atoms with Gasteiger partial charge in [-0.05, 0) is 100 Å². The first kappa shape index (κ1) is 33.4. The van der Waals surface area contributed by atoms with Crippen LogP contribution in [0.4, 0.5) is 4.79 Å². The molecule has 0 aromatic heterocycles. The molecule has 0 N–H and O–H groups in total. The maximum Gasteiger partial charge on any atom is 0.410 e. The molecule has 1 aromatic carbocycles. The van der Waals surface area contributed by atoms with Gasteiger partial charge in [0.15, 0.2) is 0 Å². The maximum atomic E-state index is 14.6. The van der Waals surface area contributed by atoms with Gasteiger partial charge in [-0.1, -0.05) is 41.5 Å². The van der Waals surface area contributed by atoms with Crippen molar-refractivity contribution < 1.29 is 14.3 Å². The number of amides is 2. The second kappa shape index (κ2) is 13.9. The zero-order chi connectivity index (χ0) is 31.4. The number of hydrogen-bond acceptors (Lipinski definition) is 4. The first-order chi connectivity index (χ1) is 19.7. The van der Waals surface area contributed by atoms with Crippen molar-refractivity contribution in [3.05, 3.63) is 58.2 Å². The first-order valence-corrected chi connectivity index (χ1v) is 15.7. The van der Waals surface area contributed by atoms with Crippen LogP contribution in [-0.4, -0.2) is 82.4 Å². The Morgan fingerprint density at radius 2 is 1.64 bits per heavy atom. The molecule has 0 radical (unpaired) electrons. The van der Waals surface area contributed by atoms with Crippen LogP contribution >= 0.6 is 0 Å². The Morgan fingerprint density at radius 1 is 1.07 bits per heavy atom. The largest absolute Gasteiger partial charge is 0.444 e. The third-order valence-electron chi connectivity index (χ3n) is 8.30. The fourth-order valence-electron chi connectivity index (χ4n) is 6.18. The predicted molar refractivity (Wildman–Crippen MR) is 173 cm³/mol. The molecule has 7 nitrogen and oxygen atoms in total. The summed E-state index contributed by atoms with van der Waals surface area (Å²) in [5.74, 6) is 0.668. The molecular weight excluding hydrogens is 524 g/mol. The Morgan fingerprint density at radius 3 is 2.10 bits per heavy atom. The summed E-state index contributed by atoms with van der Waals surface area (Å²) in [6, 6.07) is 8.27. The van der Waals surface area contributed by atoms with E-state index in [0.29, 0.717) is 6.54 Å². The van der Waals surface area contributed by atoms with Crippen LogP contribution in [0.1, 0.15) is 99.1 Å². The van der Waals surface area contributed by atoms with E-state index in [4.69, 9.17) is 9.73 Å². The van der Waals surface area contributed by atoms with Crippen LogP contribution in [0.5, 0.6) is 0 Å². The van der Waals surface area contributed by atoms with E-state index >= 15 is 0 Å². The average Bonchev–Trinajstić information content (AvgIpc) is 3.16. The van der Waals surface area contributed by atoms with Crippen molar-refractivity contribution in [2.75, 3.05) is 26.2 Å². The molecule has 42 heavy (non-hydrogen) atoms. The Kier molecular flexibility index (Phi) is 11.1. The molecule has 2 fully saturated rings. The normalized spacial score (nSPS) is 20.1. The third kappa shape index (κ3) is 7.84. The topological polar surface area (TPSA) is 65.5 Å². The van der Waals surface area contributed by atoms with Gasteiger partial charge < -0.3 is 19.4 Å². The summed E-state index contributed by atoms with van der Waals surface area (Å²) < 4.78 is 5.76. The highest BCUT2D eigenvalue weighted by molar-refractivity contribution is 6.03. The molecule has 1 aromatic rings. The van der Waals surface area contributed by atoms with E-state index in [0.717, 1.165) is 42.9 Å². The van der Waals surface area contributed by atoms with E-state index in [1.165, 1.54) is 16.7 Å². The molecule has 2 aliphatic rings. The Labute approximate surface area is 254 Å². The number of rotatable bonds is 8. The van der Waals surface area contributed by atoms with Gasteiger partial charge in [0.2, 0.25) is 5.91 Å². The second-order valence-electron chi connectivity index (χ2n) is 13.4. The van der Waals surface area contributed by atoms with Crippen molar-refractivity contribution in [1.29, 1.82) is 0 Å². The van der Waals surface area contributed by atoms with Gasteiger partial charge in [-0.15, -0.1) is 0 Å². The molecular formula is C35H54N4O3. The van der Waals surface area contributed by atoms with E-state index < -0.39 is 11.5 Å². The van der Waals surface area contributed by atoms with E-state index in [-0.39, 0.29) is 36.7 Å². The summed E-state index contributed by atoms with van der Waals surface area (Å²) in [7, 11) is 0. The van der Waals surface area contributed by atoms with Crippen LogP contribution in [0.2, 0.25) is 0 Å². The molecule has 3 atom stereocenters. The summed E-state index contributed by atoms with van der Waals surface area (Å²) in [6.45, 7) is 24.7. The number of fused-ring (bicyclic) bond motifs is 2. The van der Waals surface area contributed by atoms with Crippen LogP contribution in [0.3, 0.4) is 0 Å². The molecule has 7 heteroatoms. The summed E-state index contributed by atoms with van der Waals surface area (Å²) in [4.78, 5) is 39.1. The van der Waals surface area contributed by atoms with Crippen LogP contribution in [0.25, 0.3) is 0 Å². The standard InChI is InChI=1S/C35H54N4O3/c1-12-26(8)31(23(3)4)32(36-13-2)37-20-28-18-19-29(21-37)39(28)33(40)30(27-16-14-25(7)15-17-27)22-38(24(5)6)34(41)42-35(9,10)11/h12,14-17,24,28-30H,13,18-22H2,1-11H3/b26-12-,36-32+. The number of aryl methyl sites for hydroxylation is 1. The van der Waals surface area contributed by atoms with Gasteiger partial charge in [0.05, 0.1) is 5.92 Å². The van der Waals surface area contributed by atoms with Crippen molar-refractivity contribution in [3.63, 3.8) is 0 Å². The molecule has 3 rings (SSSR count). The number of carbonyl (C=O) groups is 2. The lowest BCUT2D eigenvalue weighted by molar-refractivity contribution is -0.138. The number of allylic oxidation sites excluding steroid dienone is 2. The number of aliphatic imine (C=N–C) groups is 1. The lowest BCUT2D eigenvalue weighted by Gasteiger charge is -2.44. The highest BCUT2D eigenvalue weighted by Crippen LogP contribution is 2.36. The Hall–Kier alpha value is -3.09. The highest BCUT2D eigenvalue weighted by atomic mass is 16.6. The van der Waals surface area contributed by atoms with Gasteiger partial charge in [0.1, 0.15) is 11.4 Å². The van der Waals surface area contributed by atoms with Crippen molar-refractivity contribution in [1.82, 2.24) is 14.7 Å². The zero-order valence-corrected chi connectivity index (χ0v) is 28.0. The monoisotopic (exact) mass is 578 g/mol. The van der Waals surface area contributed by atoms with Gasteiger partial charge in [-0.2, -0.15) is 0 Å². The number of ether oxygens (including phenoxy) is 1. The number of piperazine rings is 1. The third-order valence-corrected chi connectivity index (χ3v) is 8.30. The minimum absolute atomic E-state index is 0.0984. The summed E-state index contributed by atoms with van der Waals surface area (Å²) in [5, 5.41) is 0. The van der Waals surface area contributed by atoms with Crippen molar-refractivity contribution in [2.45, 2.75) is 119 Å². The van der Waals surface area contributed by atoms with Gasteiger partial charge in [-0.3, -0.25) is 9.79 Å². The molecule has 2 aliphatic heterocycles. The van der Waals surface area contributed by atoms with Gasteiger partial charge in [-0.25, -0.2) is 4.79 Å². The number of benzene rings is 1. The molecule has 2 bridgehead atoms. The fourth-order valence-corrected chi connectivity index (χ4v) is 6.18. The number of hydrogen-bond donors (Lipinski definition) is 0. The van der Waals surface area contributed by atoms with Gasteiger partial charge >= 0.3 is 6.09 Å². The van der Waals surface area contributed by atoms with Gasteiger partial charge in [0, 0.05) is 49.9 Å². The van der Waals surface area contributed by atoms with E-state index in [9.17, 15) is 9.59 Å². The van der Waals surface area contributed by atoms with Crippen LogP contribution in [-0.2, 0) is 9.53 Å². The number of carbonyl (C=O) groups excluding carboxylic acids is 2. The second-order valence-corrected chi connectivity index (χ2v) is 13.4. The van der Waals surface area contributed by atoms with E-state index in [1.807, 2.05) is 65.8 Å². The molecule has 2 heterocycles. The van der Waals surface area contributed by atoms with Crippen LogP contribution in [0.15, 0.2) is 52.1 Å². The SMILES string of the molecule is C/C=C(/C)C(=C(C)C)/C(=N\CC)N1CC2CCC(C1)N2C(=O)C(CN(C(=O)OC(C)(C)C)C(C)C)c1ccc(C)cc1. The predicted octanol–water partition coefficient (Wildman–Crippen LogP) is 7.12. The summed E-state index contributed by atoms with van der Waals surface area (Å²) >= 11 is 0. The van der Waals surface area contributed by atoms with Crippen molar-refractivity contribution in [2.24, 2.45) is 4.99 Å².